The minimum Gasteiger partial charge on any atom is -0.493 e. The Kier molecular flexibility index (Phi) is 6.02. The van der Waals surface area contributed by atoms with Gasteiger partial charge in [-0.2, -0.15) is 0 Å². The maximum Gasteiger partial charge on any atom is 0.255 e. The van der Waals surface area contributed by atoms with Crippen LogP contribution in [-0.2, 0) is 0 Å². The topological polar surface area (TPSA) is 51.2 Å². The van der Waals surface area contributed by atoms with E-state index in [0.29, 0.717) is 28.8 Å². The van der Waals surface area contributed by atoms with Crippen molar-refractivity contribution < 1.29 is 9.53 Å². The van der Waals surface area contributed by atoms with Gasteiger partial charge in [0.05, 0.1) is 27.5 Å². The molecule has 0 spiro atoms. The molecule has 4 rings (SSSR count). The van der Waals surface area contributed by atoms with Gasteiger partial charge < -0.3 is 10.1 Å². The number of hydrogen-bond acceptors (Lipinski definition) is 4. The highest BCUT2D eigenvalue weighted by Gasteiger charge is 2.12. The zero-order valence-corrected chi connectivity index (χ0v) is 18.3. The Morgan fingerprint density at radius 3 is 2.60 bits per heavy atom. The minimum absolute atomic E-state index is 0.228. The molecule has 1 aromatic heterocycles. The number of aromatic nitrogens is 1. The lowest BCUT2D eigenvalue weighted by molar-refractivity contribution is 0.102. The van der Waals surface area contributed by atoms with Gasteiger partial charge in [0.2, 0.25) is 0 Å². The van der Waals surface area contributed by atoms with E-state index in [1.165, 1.54) is 0 Å². The van der Waals surface area contributed by atoms with Crippen LogP contribution in [0, 0.1) is 5.92 Å². The number of benzene rings is 3. The molecule has 0 radical (unpaired) electrons. The first-order chi connectivity index (χ1) is 14.5. The molecule has 0 atom stereocenters. The number of para-hydroxylation sites is 1. The Balaban J connectivity index is 1.52. The average Bonchev–Trinajstić information content (AvgIpc) is 3.18. The molecule has 0 aliphatic carbocycles. The molecule has 0 bridgehead atoms. The number of nitrogens with one attached hydrogen (secondary N) is 1. The van der Waals surface area contributed by atoms with E-state index < -0.39 is 0 Å². The number of hydrogen-bond donors (Lipinski definition) is 1. The van der Waals surface area contributed by atoms with Crippen LogP contribution < -0.4 is 10.1 Å². The summed E-state index contributed by atoms with van der Waals surface area (Å²) in [6, 6.07) is 20.6. The number of carbonyl (C=O) groups excluding carboxylic acids is 1. The molecule has 0 fully saturated rings. The third kappa shape index (κ3) is 4.64. The number of amides is 1. The Labute approximate surface area is 184 Å². The third-order valence-corrected chi connectivity index (χ3v) is 5.87. The fourth-order valence-electron chi connectivity index (χ4n) is 2.91. The van der Waals surface area contributed by atoms with Gasteiger partial charge in [0, 0.05) is 11.1 Å². The van der Waals surface area contributed by atoms with Gasteiger partial charge in [-0.05, 0) is 54.4 Å². The Morgan fingerprint density at radius 1 is 1.10 bits per heavy atom. The molecule has 152 valence electrons. The summed E-state index contributed by atoms with van der Waals surface area (Å²) in [6.45, 7) is 4.82. The molecule has 0 aliphatic heterocycles. The van der Waals surface area contributed by atoms with Crippen LogP contribution in [0.5, 0.6) is 5.75 Å². The van der Waals surface area contributed by atoms with Crippen LogP contribution >= 0.6 is 22.9 Å². The van der Waals surface area contributed by atoms with E-state index in [-0.39, 0.29) is 5.91 Å². The van der Waals surface area contributed by atoms with E-state index in [0.717, 1.165) is 26.5 Å². The van der Waals surface area contributed by atoms with Gasteiger partial charge in [-0.15, -0.1) is 11.3 Å². The zero-order valence-electron chi connectivity index (χ0n) is 16.7. The predicted molar refractivity (Wildman–Crippen MR) is 125 cm³/mol. The van der Waals surface area contributed by atoms with Crippen molar-refractivity contribution in [2.75, 3.05) is 11.9 Å². The monoisotopic (exact) mass is 436 g/mol. The molecule has 1 heterocycles. The van der Waals surface area contributed by atoms with Crippen molar-refractivity contribution in [1.29, 1.82) is 0 Å². The second-order valence-corrected chi connectivity index (χ2v) is 8.80. The first kappa shape index (κ1) is 20.4. The average molecular weight is 437 g/mol. The number of ether oxygens (including phenoxy) is 1. The molecule has 4 aromatic rings. The maximum atomic E-state index is 12.7. The van der Waals surface area contributed by atoms with Crippen LogP contribution in [0.2, 0.25) is 5.02 Å². The number of nitrogens with zero attached hydrogens (tertiary/aromatic N) is 1. The first-order valence-corrected chi connectivity index (χ1v) is 10.9. The van der Waals surface area contributed by atoms with E-state index in [2.05, 4.69) is 24.1 Å². The molecule has 3 aromatic carbocycles. The summed E-state index contributed by atoms with van der Waals surface area (Å²) >= 11 is 7.95. The maximum absolute atomic E-state index is 12.7. The van der Waals surface area contributed by atoms with Gasteiger partial charge in [0.15, 0.2) is 0 Å². The standard InChI is InChI=1S/C24H21ClN2O2S/c1-15(2)14-29-18-10-7-16(8-11-18)23(28)26-21-13-17(9-12-19(21)25)24-27-20-5-3-4-6-22(20)30-24/h3-13,15H,14H2,1-2H3,(H,26,28). The zero-order chi connectivity index (χ0) is 21.1. The van der Waals surface area contributed by atoms with Gasteiger partial charge in [0.1, 0.15) is 10.8 Å². The van der Waals surface area contributed by atoms with Crippen LogP contribution in [0.15, 0.2) is 66.7 Å². The highest BCUT2D eigenvalue weighted by atomic mass is 35.5. The molecule has 30 heavy (non-hydrogen) atoms. The quantitative estimate of drug-likeness (QED) is 0.357. The fourth-order valence-corrected chi connectivity index (χ4v) is 4.04. The molecule has 1 amide bonds. The van der Waals surface area contributed by atoms with Crippen molar-refractivity contribution >= 4 is 44.7 Å². The van der Waals surface area contributed by atoms with Gasteiger partial charge in [0.25, 0.3) is 5.91 Å². The molecule has 0 aliphatic rings. The van der Waals surface area contributed by atoms with Crippen LogP contribution in [0.4, 0.5) is 5.69 Å². The van der Waals surface area contributed by atoms with Crippen molar-refractivity contribution in [2.45, 2.75) is 13.8 Å². The van der Waals surface area contributed by atoms with Gasteiger partial charge >= 0.3 is 0 Å². The Morgan fingerprint density at radius 2 is 1.87 bits per heavy atom. The number of fused-ring (bicyclic) bond motifs is 1. The number of anilines is 1. The third-order valence-electron chi connectivity index (χ3n) is 4.46. The lowest BCUT2D eigenvalue weighted by Crippen LogP contribution is -2.12. The summed E-state index contributed by atoms with van der Waals surface area (Å²) in [7, 11) is 0. The van der Waals surface area contributed by atoms with Crippen molar-refractivity contribution in [3.05, 3.63) is 77.3 Å². The van der Waals surface area contributed by atoms with Crippen molar-refractivity contribution in [3.63, 3.8) is 0 Å². The predicted octanol–water partition coefficient (Wildman–Crippen LogP) is 6.90. The smallest absolute Gasteiger partial charge is 0.255 e. The summed E-state index contributed by atoms with van der Waals surface area (Å²) in [5, 5.41) is 4.27. The summed E-state index contributed by atoms with van der Waals surface area (Å²) in [5.74, 6) is 0.961. The SMILES string of the molecule is CC(C)COc1ccc(C(=O)Nc2cc(-c3nc4ccccc4s3)ccc2Cl)cc1. The van der Waals surface area contributed by atoms with Gasteiger partial charge in [-0.25, -0.2) is 4.98 Å². The summed E-state index contributed by atoms with van der Waals surface area (Å²) < 4.78 is 6.79. The normalized spacial score (nSPS) is 11.1. The number of halogens is 1. The highest BCUT2D eigenvalue weighted by Crippen LogP contribution is 2.34. The number of thiazole rings is 1. The van der Waals surface area contributed by atoms with Crippen LogP contribution in [0.1, 0.15) is 24.2 Å². The molecule has 1 N–H and O–H groups in total. The van der Waals surface area contributed by atoms with Crippen LogP contribution in [0.25, 0.3) is 20.8 Å². The van der Waals surface area contributed by atoms with E-state index in [1.54, 1.807) is 41.7 Å². The highest BCUT2D eigenvalue weighted by molar-refractivity contribution is 7.21. The first-order valence-electron chi connectivity index (χ1n) is 9.69. The molecule has 0 saturated carbocycles. The lowest BCUT2D eigenvalue weighted by Gasteiger charge is -2.11. The summed E-state index contributed by atoms with van der Waals surface area (Å²) in [4.78, 5) is 17.4. The summed E-state index contributed by atoms with van der Waals surface area (Å²) in [6.07, 6.45) is 0. The number of carbonyl (C=O) groups is 1. The van der Waals surface area contributed by atoms with Crippen LogP contribution in [0.3, 0.4) is 0 Å². The van der Waals surface area contributed by atoms with E-state index in [9.17, 15) is 4.79 Å². The van der Waals surface area contributed by atoms with E-state index in [1.807, 2.05) is 36.4 Å². The Bertz CT molecular complexity index is 1150. The van der Waals surface area contributed by atoms with Crippen molar-refractivity contribution in [1.82, 2.24) is 4.98 Å². The number of rotatable bonds is 6. The van der Waals surface area contributed by atoms with Gasteiger partial charge in [-0.1, -0.05) is 43.6 Å². The van der Waals surface area contributed by atoms with Crippen LogP contribution in [-0.4, -0.2) is 17.5 Å². The molecular weight excluding hydrogens is 416 g/mol. The minimum atomic E-state index is -0.228. The van der Waals surface area contributed by atoms with Crippen molar-refractivity contribution in [3.8, 4) is 16.3 Å². The fraction of sp³-hybridized carbons (Fsp3) is 0.167. The molecule has 4 nitrogen and oxygen atoms in total. The largest absolute Gasteiger partial charge is 0.493 e. The van der Waals surface area contributed by atoms with E-state index >= 15 is 0 Å². The summed E-state index contributed by atoms with van der Waals surface area (Å²) in [5.41, 5.74) is 2.96. The van der Waals surface area contributed by atoms with Gasteiger partial charge in [-0.3, -0.25) is 4.79 Å². The lowest BCUT2D eigenvalue weighted by atomic mass is 10.1. The second-order valence-electron chi connectivity index (χ2n) is 7.36. The van der Waals surface area contributed by atoms with Crippen molar-refractivity contribution in [2.24, 2.45) is 5.92 Å². The molecular formula is C24H21ClN2O2S. The molecule has 0 unspecified atom stereocenters. The second kappa shape index (κ2) is 8.86. The van der Waals surface area contributed by atoms with E-state index in [4.69, 9.17) is 16.3 Å². The Hall–Kier alpha value is -2.89. The molecule has 6 heteroatoms. The molecule has 0 saturated heterocycles.